The number of nitrogens with one attached hydrogen (secondary N) is 1. The minimum atomic E-state index is -4.55. The number of halogens is 3. The van der Waals surface area contributed by atoms with E-state index in [1.807, 2.05) is 0 Å². The number of carbonyl (C=O) groups is 1. The molecule has 1 fully saturated rings. The van der Waals surface area contributed by atoms with E-state index in [1.165, 1.54) is 36.5 Å². The van der Waals surface area contributed by atoms with Gasteiger partial charge in [-0.1, -0.05) is 0 Å². The molecule has 0 amide bonds. The summed E-state index contributed by atoms with van der Waals surface area (Å²) in [4.78, 5) is 21.1. The lowest BCUT2D eigenvalue weighted by Crippen LogP contribution is -2.24. The van der Waals surface area contributed by atoms with Crippen LogP contribution in [0.4, 0.5) is 19.0 Å². The molecule has 3 aromatic rings. The predicted molar refractivity (Wildman–Crippen MR) is 120 cm³/mol. The zero-order valence-corrected chi connectivity index (χ0v) is 20.1. The number of aryl methyl sites for hydroxylation is 1. The van der Waals surface area contributed by atoms with Crippen LogP contribution < -0.4 is 10.5 Å². The first-order valence-corrected chi connectivity index (χ1v) is 12.4. The van der Waals surface area contributed by atoms with Crippen LogP contribution in [-0.4, -0.2) is 67.6 Å². The Hall–Kier alpha value is -3.41. The number of carbonyl (C=O) groups excluding carboxylic acids is 1. The summed E-state index contributed by atoms with van der Waals surface area (Å²) in [6.45, 7) is -0.374. The van der Waals surface area contributed by atoms with Crippen molar-refractivity contribution in [1.29, 1.82) is 0 Å². The Morgan fingerprint density at radius 3 is 2.76 bits per heavy atom. The van der Waals surface area contributed by atoms with Gasteiger partial charge < -0.3 is 10.4 Å². The second-order valence-electron chi connectivity index (χ2n) is 8.57. The van der Waals surface area contributed by atoms with Crippen LogP contribution in [0.5, 0.6) is 0 Å². The fourth-order valence-corrected chi connectivity index (χ4v) is 4.49. The van der Waals surface area contributed by atoms with Gasteiger partial charge in [-0.15, -0.1) is 0 Å². The highest BCUT2D eigenvalue weighted by molar-refractivity contribution is 7.84. The number of ketones is 1. The van der Waals surface area contributed by atoms with Gasteiger partial charge in [-0.3, -0.25) is 18.3 Å². The average Bonchev–Trinajstić information content (AvgIpc) is 3.50. The molecule has 4 rings (SSSR count). The number of rotatable bonds is 9. The van der Waals surface area contributed by atoms with Gasteiger partial charge in [0.2, 0.25) is 5.78 Å². The predicted octanol–water partition coefficient (Wildman–Crippen LogP) is 0.476. The first kappa shape index (κ1) is 26.6. The molecular formula is C20H23F3N8O5S. The first-order valence-electron chi connectivity index (χ1n) is 10.9. The maximum absolute atomic E-state index is 13.1. The van der Waals surface area contributed by atoms with Gasteiger partial charge in [0.1, 0.15) is 23.5 Å². The summed E-state index contributed by atoms with van der Waals surface area (Å²) in [5, 5.41) is 26.1. The summed E-state index contributed by atoms with van der Waals surface area (Å²) >= 11 is 0. The smallest absolute Gasteiger partial charge is 0.393 e. The summed E-state index contributed by atoms with van der Waals surface area (Å²) in [5.74, 6) is -0.859. The van der Waals surface area contributed by atoms with E-state index >= 15 is 0 Å². The highest BCUT2D eigenvalue weighted by atomic mass is 32.2. The summed E-state index contributed by atoms with van der Waals surface area (Å²) < 4.78 is 67.7. The fraction of sp³-hybridized carbons (Fsp3) is 0.450. The molecule has 0 saturated heterocycles. The van der Waals surface area contributed by atoms with Crippen LogP contribution in [0.25, 0.3) is 0 Å². The van der Waals surface area contributed by atoms with Crippen molar-refractivity contribution in [3.8, 4) is 0 Å². The first-order chi connectivity index (χ1) is 17.3. The van der Waals surface area contributed by atoms with Crippen molar-refractivity contribution in [1.82, 2.24) is 29.5 Å². The number of hydrogen-bond donors (Lipinski definition) is 3. The van der Waals surface area contributed by atoms with Gasteiger partial charge in [-0.05, 0) is 25.0 Å². The summed E-state index contributed by atoms with van der Waals surface area (Å²) in [5.41, 5.74) is -0.693. The molecule has 17 heteroatoms. The third-order valence-corrected chi connectivity index (χ3v) is 6.28. The maximum Gasteiger partial charge on any atom is 0.433 e. The molecule has 1 aliphatic rings. The van der Waals surface area contributed by atoms with Gasteiger partial charge in [-0.25, -0.2) is 15.1 Å². The van der Waals surface area contributed by atoms with Crippen LogP contribution in [0.2, 0.25) is 0 Å². The molecule has 0 radical (unpaired) electrons. The van der Waals surface area contributed by atoms with Crippen molar-refractivity contribution in [3.05, 3.63) is 53.5 Å². The third kappa shape index (κ3) is 6.48. The Kier molecular flexibility index (Phi) is 7.31. The highest BCUT2D eigenvalue weighted by Gasteiger charge is 2.36. The van der Waals surface area contributed by atoms with E-state index in [-0.39, 0.29) is 48.4 Å². The number of aliphatic hydroxyl groups excluding tert-OH is 1. The zero-order chi connectivity index (χ0) is 27.0. The SMILES string of the molecule is Cn1nc(Cn2ccc(C(=O)c3cncnc3N[C@@H]3C[C@H](COS(N)(=O)=O)[C@@H](O)C3)n2)cc1C(F)(F)F. The van der Waals surface area contributed by atoms with Crippen molar-refractivity contribution in [2.75, 3.05) is 11.9 Å². The summed E-state index contributed by atoms with van der Waals surface area (Å²) in [7, 11) is -2.96. The van der Waals surface area contributed by atoms with Gasteiger partial charge in [0.15, 0.2) is 0 Å². The van der Waals surface area contributed by atoms with Crippen LogP contribution in [0, 0.1) is 5.92 Å². The number of anilines is 1. The second kappa shape index (κ2) is 10.2. The maximum atomic E-state index is 13.1. The van der Waals surface area contributed by atoms with Crippen LogP contribution in [0.1, 0.15) is 40.3 Å². The second-order valence-corrected chi connectivity index (χ2v) is 9.79. The molecule has 0 spiro atoms. The van der Waals surface area contributed by atoms with Crippen molar-refractivity contribution in [2.24, 2.45) is 18.1 Å². The third-order valence-electron chi connectivity index (χ3n) is 5.82. The van der Waals surface area contributed by atoms with Crippen molar-refractivity contribution < 1.29 is 35.7 Å². The summed E-state index contributed by atoms with van der Waals surface area (Å²) in [6, 6.07) is 1.97. The van der Waals surface area contributed by atoms with E-state index in [2.05, 4.69) is 29.7 Å². The minimum absolute atomic E-state index is 0.00992. The largest absolute Gasteiger partial charge is 0.433 e. The zero-order valence-electron chi connectivity index (χ0n) is 19.3. The van der Waals surface area contributed by atoms with E-state index in [4.69, 9.17) is 5.14 Å². The molecule has 0 bridgehead atoms. The van der Waals surface area contributed by atoms with E-state index < -0.39 is 40.0 Å². The van der Waals surface area contributed by atoms with Crippen molar-refractivity contribution in [2.45, 2.75) is 37.7 Å². The van der Waals surface area contributed by atoms with E-state index in [0.29, 0.717) is 6.42 Å². The highest BCUT2D eigenvalue weighted by Crippen LogP contribution is 2.31. The van der Waals surface area contributed by atoms with Crippen LogP contribution in [0.15, 0.2) is 30.9 Å². The molecule has 200 valence electrons. The molecule has 37 heavy (non-hydrogen) atoms. The van der Waals surface area contributed by atoms with Crippen LogP contribution in [-0.2, 0) is 34.3 Å². The van der Waals surface area contributed by atoms with Gasteiger partial charge in [0, 0.05) is 31.4 Å². The number of nitrogens with zero attached hydrogens (tertiary/aromatic N) is 6. The lowest BCUT2D eigenvalue weighted by molar-refractivity contribution is -0.143. The fourth-order valence-electron chi connectivity index (χ4n) is 4.13. The molecule has 3 aromatic heterocycles. The standard InChI is InChI=1S/C20H23F3N8O5S/c1-30-17(20(21,22)23)6-13(28-30)8-31-3-2-15(29-31)18(33)14-7-25-10-26-19(14)27-12-4-11(16(32)5-12)9-36-37(24,34)35/h2-3,6-7,10-12,16,32H,4-5,8-9H2,1H3,(H2,24,34,35)(H,25,26,27)/t11-,12-,16+/m1/s1. The molecule has 1 saturated carbocycles. The van der Waals surface area contributed by atoms with Gasteiger partial charge in [-0.2, -0.15) is 31.8 Å². The lowest BCUT2D eigenvalue weighted by atomic mass is 10.1. The molecule has 0 aromatic carbocycles. The minimum Gasteiger partial charge on any atom is -0.393 e. The van der Waals surface area contributed by atoms with Gasteiger partial charge in [0.05, 0.1) is 30.5 Å². The Balaban J connectivity index is 1.45. The van der Waals surface area contributed by atoms with E-state index in [0.717, 1.165) is 10.7 Å². The number of hydrogen-bond acceptors (Lipinski definition) is 10. The Labute approximate surface area is 208 Å². The Morgan fingerprint density at radius 2 is 2.08 bits per heavy atom. The molecule has 3 atom stereocenters. The van der Waals surface area contributed by atoms with Crippen molar-refractivity contribution in [3.63, 3.8) is 0 Å². The molecule has 4 N–H and O–H groups in total. The molecule has 0 unspecified atom stereocenters. The molecule has 0 aliphatic heterocycles. The molecule has 1 aliphatic carbocycles. The quantitative estimate of drug-likeness (QED) is 0.321. The number of aliphatic hydroxyl groups is 1. The van der Waals surface area contributed by atoms with Crippen LogP contribution in [0.3, 0.4) is 0 Å². The Morgan fingerprint density at radius 1 is 1.32 bits per heavy atom. The molecular weight excluding hydrogens is 521 g/mol. The van der Waals surface area contributed by atoms with E-state index in [1.54, 1.807) is 0 Å². The topological polar surface area (TPSA) is 180 Å². The number of alkyl halides is 3. The van der Waals surface area contributed by atoms with E-state index in [9.17, 15) is 31.5 Å². The van der Waals surface area contributed by atoms with Gasteiger partial charge in [0.25, 0.3) is 0 Å². The van der Waals surface area contributed by atoms with Crippen LogP contribution >= 0.6 is 0 Å². The normalized spacial score (nSPS) is 20.3. The molecule has 13 nitrogen and oxygen atoms in total. The lowest BCUT2D eigenvalue weighted by Gasteiger charge is -2.15. The monoisotopic (exact) mass is 544 g/mol. The van der Waals surface area contributed by atoms with Gasteiger partial charge >= 0.3 is 16.5 Å². The number of nitrogens with two attached hydrogens (primary N) is 1. The summed E-state index contributed by atoms with van der Waals surface area (Å²) in [6.07, 6.45) is -0.883. The van der Waals surface area contributed by atoms with Crippen molar-refractivity contribution >= 4 is 21.9 Å². The molecule has 3 heterocycles. The average molecular weight is 545 g/mol. The number of aromatic nitrogens is 6. The Bertz CT molecular complexity index is 1390.